The maximum Gasteiger partial charge on any atom is 0.411 e. The van der Waals surface area contributed by atoms with Crippen molar-refractivity contribution >= 4 is 17.7 Å². The van der Waals surface area contributed by atoms with Gasteiger partial charge in [-0.1, -0.05) is 24.8 Å². The van der Waals surface area contributed by atoms with Crippen LogP contribution in [0.2, 0.25) is 0 Å². The van der Waals surface area contributed by atoms with Crippen LogP contribution in [0.3, 0.4) is 0 Å². The minimum Gasteiger partial charge on any atom is -0.456 e. The van der Waals surface area contributed by atoms with Crippen molar-refractivity contribution in [3.05, 3.63) is 59.1 Å². The molecule has 1 aliphatic heterocycles. The van der Waals surface area contributed by atoms with Gasteiger partial charge in [0.1, 0.15) is 12.7 Å². The van der Waals surface area contributed by atoms with Gasteiger partial charge in [0.15, 0.2) is 0 Å². The van der Waals surface area contributed by atoms with Crippen molar-refractivity contribution in [3.63, 3.8) is 0 Å². The SMILES string of the molecule is C=C/C=C(\N=CN)c1cc(=O)n(C2=CCC(OCC(F)(F)F)C=C2)c(OC2COC2)n1. The molecule has 0 radical (unpaired) electrons. The number of hydrogen-bond donors (Lipinski definition) is 1. The normalized spacial score (nSPS) is 19.9. The van der Waals surface area contributed by atoms with Gasteiger partial charge in [-0.3, -0.25) is 4.79 Å². The molecule has 1 unspecified atom stereocenters. The van der Waals surface area contributed by atoms with Gasteiger partial charge in [-0.25, -0.2) is 9.56 Å². The van der Waals surface area contributed by atoms with Gasteiger partial charge in [-0.15, -0.1) is 0 Å². The molecule has 0 spiro atoms. The average molecular weight is 438 g/mol. The van der Waals surface area contributed by atoms with Gasteiger partial charge < -0.3 is 19.9 Å². The molecule has 0 amide bonds. The molecule has 2 N–H and O–H groups in total. The monoisotopic (exact) mass is 438 g/mol. The third kappa shape index (κ3) is 5.92. The molecule has 1 aromatic heterocycles. The van der Waals surface area contributed by atoms with E-state index < -0.39 is 24.4 Å². The van der Waals surface area contributed by atoms with Crippen LogP contribution in [0, 0.1) is 0 Å². The molecule has 1 saturated heterocycles. The van der Waals surface area contributed by atoms with Gasteiger partial charge >= 0.3 is 12.2 Å². The molecule has 166 valence electrons. The molecule has 1 fully saturated rings. The molecule has 1 atom stereocenters. The number of nitrogens with zero attached hydrogens (tertiary/aromatic N) is 3. The lowest BCUT2D eigenvalue weighted by Gasteiger charge is -2.28. The summed E-state index contributed by atoms with van der Waals surface area (Å²) in [6.45, 7) is 2.94. The molecule has 0 saturated carbocycles. The predicted molar refractivity (Wildman–Crippen MR) is 108 cm³/mol. The van der Waals surface area contributed by atoms with Crippen molar-refractivity contribution in [1.82, 2.24) is 9.55 Å². The van der Waals surface area contributed by atoms with Crippen molar-refractivity contribution in [2.24, 2.45) is 10.7 Å². The van der Waals surface area contributed by atoms with Crippen LogP contribution in [0.15, 0.2) is 52.8 Å². The topological polar surface area (TPSA) is 101 Å². The quantitative estimate of drug-likeness (QED) is 0.380. The predicted octanol–water partition coefficient (Wildman–Crippen LogP) is 2.28. The highest BCUT2D eigenvalue weighted by Crippen LogP contribution is 2.25. The van der Waals surface area contributed by atoms with Crippen LogP contribution in [0.4, 0.5) is 13.2 Å². The Hall–Kier alpha value is -3.18. The average Bonchev–Trinajstić information content (AvgIpc) is 2.69. The molecule has 0 bridgehead atoms. The van der Waals surface area contributed by atoms with Gasteiger partial charge in [0, 0.05) is 11.8 Å². The molecule has 0 aromatic carbocycles. The van der Waals surface area contributed by atoms with E-state index >= 15 is 0 Å². The van der Waals surface area contributed by atoms with E-state index in [2.05, 4.69) is 16.6 Å². The number of nitrogens with two attached hydrogens (primary N) is 1. The van der Waals surface area contributed by atoms with Gasteiger partial charge in [-0.05, 0) is 18.6 Å². The number of rotatable bonds is 8. The fourth-order valence-electron chi connectivity index (χ4n) is 2.81. The van der Waals surface area contributed by atoms with Crippen LogP contribution < -0.4 is 16.0 Å². The molecule has 11 heteroatoms. The first-order valence-corrected chi connectivity index (χ1v) is 9.33. The number of allylic oxidation sites excluding steroid dienone is 4. The second-order valence-electron chi connectivity index (χ2n) is 6.63. The van der Waals surface area contributed by atoms with E-state index in [0.717, 1.165) is 6.34 Å². The second-order valence-corrected chi connectivity index (χ2v) is 6.63. The summed E-state index contributed by atoms with van der Waals surface area (Å²) in [5, 5.41) is 0. The van der Waals surface area contributed by atoms with E-state index in [-0.39, 0.29) is 24.2 Å². The number of halogens is 3. The summed E-state index contributed by atoms with van der Waals surface area (Å²) in [4.78, 5) is 21.3. The number of aliphatic imine (C=N–C) groups is 1. The highest BCUT2D eigenvalue weighted by Gasteiger charge is 2.29. The third-order valence-electron chi connectivity index (χ3n) is 4.28. The van der Waals surface area contributed by atoms with Gasteiger partial charge in [0.2, 0.25) is 0 Å². The third-order valence-corrected chi connectivity index (χ3v) is 4.28. The summed E-state index contributed by atoms with van der Waals surface area (Å²) < 4.78 is 54.1. The van der Waals surface area contributed by atoms with Crippen LogP contribution in [-0.4, -0.2) is 54.1 Å². The first-order valence-electron chi connectivity index (χ1n) is 9.33. The summed E-state index contributed by atoms with van der Waals surface area (Å²) in [6, 6.07) is 1.26. The van der Waals surface area contributed by atoms with Gasteiger partial charge in [-0.2, -0.15) is 18.2 Å². The molecule has 1 aliphatic carbocycles. The Labute approximate surface area is 175 Å². The summed E-state index contributed by atoms with van der Waals surface area (Å²) in [6.07, 6.45) is 3.33. The standard InChI is InChI=1S/C20H21F3N4O4/c1-2-3-16(25-12-24)17-8-18(28)27(19(26-17)31-15-9-29-10-15)13-4-6-14(7-5-13)30-11-20(21,22)23/h2-6,8,12,14-15H,1,7,9-11H2,(H2,24,25)/b16-3-. The maximum atomic E-state index is 12.9. The fourth-order valence-corrected chi connectivity index (χ4v) is 2.81. The molecular weight excluding hydrogens is 417 g/mol. The van der Waals surface area contributed by atoms with Crippen molar-refractivity contribution in [1.29, 1.82) is 0 Å². The van der Waals surface area contributed by atoms with Gasteiger partial charge in [0.25, 0.3) is 5.56 Å². The zero-order valence-electron chi connectivity index (χ0n) is 16.4. The van der Waals surface area contributed by atoms with Crippen LogP contribution in [0.25, 0.3) is 11.4 Å². The second kappa shape index (κ2) is 9.75. The van der Waals surface area contributed by atoms with Crippen molar-refractivity contribution < 1.29 is 27.4 Å². The Bertz CT molecular complexity index is 991. The van der Waals surface area contributed by atoms with E-state index in [1.54, 1.807) is 6.08 Å². The number of hydrogen-bond acceptors (Lipinski definition) is 6. The summed E-state index contributed by atoms with van der Waals surface area (Å²) in [5.41, 5.74) is 5.85. The smallest absolute Gasteiger partial charge is 0.411 e. The zero-order valence-corrected chi connectivity index (χ0v) is 16.4. The lowest BCUT2D eigenvalue weighted by Crippen LogP contribution is -2.40. The van der Waals surface area contributed by atoms with Crippen LogP contribution in [0.5, 0.6) is 6.01 Å². The van der Waals surface area contributed by atoms with Crippen LogP contribution >= 0.6 is 0 Å². The Kier molecular flexibility index (Phi) is 7.08. The molecule has 2 heterocycles. The minimum atomic E-state index is -4.41. The van der Waals surface area contributed by atoms with Gasteiger partial charge in [0.05, 0.1) is 37.0 Å². The van der Waals surface area contributed by atoms with Crippen LogP contribution in [0.1, 0.15) is 12.1 Å². The minimum absolute atomic E-state index is 0.00328. The molecule has 31 heavy (non-hydrogen) atoms. The maximum absolute atomic E-state index is 12.9. The van der Waals surface area contributed by atoms with Crippen LogP contribution in [-0.2, 0) is 9.47 Å². The first kappa shape index (κ1) is 22.5. The lowest BCUT2D eigenvalue weighted by molar-refractivity contribution is -0.180. The summed E-state index contributed by atoms with van der Waals surface area (Å²) >= 11 is 0. The van der Waals surface area contributed by atoms with Crippen molar-refractivity contribution in [3.8, 4) is 6.01 Å². The molecule has 3 rings (SSSR count). The van der Waals surface area contributed by atoms with E-state index in [9.17, 15) is 18.0 Å². The Balaban J connectivity index is 1.91. The first-order chi connectivity index (χ1) is 14.8. The Morgan fingerprint density at radius 3 is 2.77 bits per heavy atom. The van der Waals surface area contributed by atoms with E-state index in [4.69, 9.17) is 19.9 Å². The molecule has 1 aromatic rings. The van der Waals surface area contributed by atoms with E-state index in [1.807, 2.05) is 0 Å². The highest BCUT2D eigenvalue weighted by molar-refractivity contribution is 5.72. The van der Waals surface area contributed by atoms with E-state index in [1.165, 1.54) is 34.9 Å². The van der Waals surface area contributed by atoms with Crippen molar-refractivity contribution in [2.45, 2.75) is 24.8 Å². The number of alkyl halides is 3. The molecular formula is C20H21F3N4O4. The fraction of sp³-hybridized carbons (Fsp3) is 0.350. The number of ether oxygens (including phenoxy) is 3. The highest BCUT2D eigenvalue weighted by atomic mass is 19.4. The Morgan fingerprint density at radius 2 is 2.23 bits per heavy atom. The zero-order chi connectivity index (χ0) is 22.4. The van der Waals surface area contributed by atoms with E-state index in [0.29, 0.717) is 24.6 Å². The number of aromatic nitrogens is 2. The largest absolute Gasteiger partial charge is 0.456 e. The Morgan fingerprint density at radius 1 is 1.45 bits per heavy atom. The van der Waals surface area contributed by atoms with Crippen molar-refractivity contribution in [2.75, 3.05) is 19.8 Å². The lowest BCUT2D eigenvalue weighted by atomic mass is 10.1. The molecule has 2 aliphatic rings. The summed E-state index contributed by atoms with van der Waals surface area (Å²) in [5.74, 6) is 0. The molecule has 8 nitrogen and oxygen atoms in total. The summed E-state index contributed by atoms with van der Waals surface area (Å²) in [7, 11) is 0.